The molecule has 0 saturated heterocycles. The van der Waals surface area contributed by atoms with E-state index < -0.39 is 0 Å². The van der Waals surface area contributed by atoms with E-state index in [0.29, 0.717) is 0 Å². The van der Waals surface area contributed by atoms with Crippen LogP contribution in [0.5, 0.6) is 0 Å². The van der Waals surface area contributed by atoms with E-state index in [4.69, 9.17) is 0 Å². The van der Waals surface area contributed by atoms with Gasteiger partial charge in [-0.15, -0.1) is 0 Å². The molecule has 0 heterocycles. The summed E-state index contributed by atoms with van der Waals surface area (Å²) in [5, 5.41) is 0. The maximum absolute atomic E-state index is 2.26. The summed E-state index contributed by atoms with van der Waals surface area (Å²) in [6.45, 7) is 2.18. The second-order valence-electron chi connectivity index (χ2n) is 1.77. The molecule has 0 N–H and O–H groups in total. The molecule has 1 heteroatoms. The van der Waals surface area contributed by atoms with Crippen LogP contribution in [0.4, 0.5) is 0 Å². The minimum absolute atomic E-state index is 0. The van der Waals surface area contributed by atoms with Gasteiger partial charge in [-0.3, -0.25) is 0 Å². The highest BCUT2D eigenvalue weighted by Crippen LogP contribution is 2.10. The molecule has 8 heavy (non-hydrogen) atoms. The highest BCUT2D eigenvalue weighted by molar-refractivity contribution is 5.75. The van der Waals surface area contributed by atoms with Crippen molar-refractivity contribution in [3.8, 4) is 0 Å². The van der Waals surface area contributed by atoms with Gasteiger partial charge < -0.3 is 0 Å². The zero-order valence-electron chi connectivity index (χ0n) is 4.65. The molecule has 0 aromatic rings. The third-order valence-corrected chi connectivity index (χ3v) is 1.26. The van der Waals surface area contributed by atoms with Crippen LogP contribution in [0, 0.1) is 0 Å². The van der Waals surface area contributed by atoms with Gasteiger partial charge in [0.15, 0.2) is 0 Å². The Kier molecular flexibility index (Phi) is 3.53. The number of hydrogen-bond acceptors (Lipinski definition) is 0. The van der Waals surface area contributed by atoms with Gasteiger partial charge in [0.25, 0.3) is 0 Å². The lowest BCUT2D eigenvalue weighted by Gasteiger charge is -1.84. The van der Waals surface area contributed by atoms with Gasteiger partial charge in [0.2, 0.25) is 0 Å². The first-order valence-electron chi connectivity index (χ1n) is 2.79. The normalized spacial score (nSPS) is 15.4. The molecule has 0 saturated carbocycles. The van der Waals surface area contributed by atoms with Gasteiger partial charge in [0.05, 0.1) is 0 Å². The first-order chi connectivity index (χ1) is 3.43. The number of allylic oxidation sites excluding steroid dienone is 4. The third-order valence-electron chi connectivity index (χ3n) is 1.26. The Bertz CT molecular complexity index is 112. The second-order valence-corrected chi connectivity index (χ2v) is 1.77. The molecular weight excluding hydrogens is 112 g/mol. The van der Waals surface area contributed by atoms with Gasteiger partial charge in [0.1, 0.15) is 0 Å². The monoisotopic (exact) mass is 126 g/mol. The molecule has 0 radical (unpaired) electrons. The predicted molar refractivity (Wildman–Crippen MR) is 43.5 cm³/mol. The summed E-state index contributed by atoms with van der Waals surface area (Å²) in [5.41, 5.74) is 1.49. The van der Waals surface area contributed by atoms with Crippen molar-refractivity contribution in [3.05, 3.63) is 23.8 Å². The average Bonchev–Trinajstić information content (AvgIpc) is 2.14. The molecule has 0 aromatic carbocycles. The first-order valence-corrected chi connectivity index (χ1v) is 2.79. The van der Waals surface area contributed by atoms with Gasteiger partial charge in [-0.05, 0) is 23.8 Å². The molecule has 0 unspecified atom stereocenters. The lowest BCUT2D eigenvalue weighted by atomic mass is 10.2. The van der Waals surface area contributed by atoms with Crippen LogP contribution in [0.1, 0.15) is 19.8 Å². The maximum Gasteiger partial charge on any atom is -0.0149 e. The fourth-order valence-electron chi connectivity index (χ4n) is 0.769. The minimum Gasteiger partial charge on any atom is -0.0805 e. The molecule has 0 atom stereocenters. The van der Waals surface area contributed by atoms with Crippen molar-refractivity contribution in [3.63, 3.8) is 0 Å². The summed E-state index contributed by atoms with van der Waals surface area (Å²) >= 11 is 0. The zero-order valence-corrected chi connectivity index (χ0v) is 4.65. The predicted octanol–water partition coefficient (Wildman–Crippen LogP) is 0.831. The highest BCUT2D eigenvalue weighted by atomic mass is 28.1. The minimum atomic E-state index is 0. The van der Waals surface area contributed by atoms with E-state index >= 15 is 0 Å². The van der Waals surface area contributed by atoms with Crippen molar-refractivity contribution in [1.82, 2.24) is 0 Å². The van der Waals surface area contributed by atoms with Crippen molar-refractivity contribution in [1.29, 1.82) is 0 Å². The van der Waals surface area contributed by atoms with Gasteiger partial charge in [-0.1, -0.05) is 30.7 Å². The van der Waals surface area contributed by atoms with E-state index in [1.54, 1.807) is 0 Å². The van der Waals surface area contributed by atoms with Crippen LogP contribution in [0.3, 0.4) is 0 Å². The average molecular weight is 126 g/mol. The number of rotatable bonds is 1. The zero-order chi connectivity index (χ0) is 5.11. The topological polar surface area (TPSA) is 0 Å². The molecule has 0 aromatic heterocycles. The van der Waals surface area contributed by atoms with Crippen molar-refractivity contribution >= 4 is 11.0 Å². The highest BCUT2D eigenvalue weighted by Gasteiger charge is 1.90. The Morgan fingerprint density at radius 2 is 2.38 bits per heavy atom. The summed E-state index contributed by atoms with van der Waals surface area (Å²) in [6.07, 6.45) is 9.00. The first kappa shape index (κ1) is 7.70. The maximum atomic E-state index is 2.26. The smallest absolute Gasteiger partial charge is 0.0149 e. The van der Waals surface area contributed by atoms with Crippen LogP contribution in [-0.4, -0.2) is 11.0 Å². The van der Waals surface area contributed by atoms with E-state index in [2.05, 4.69) is 25.2 Å². The number of hydrogen-bond donors (Lipinski definition) is 0. The lowest BCUT2D eigenvalue weighted by Crippen LogP contribution is -1.64. The van der Waals surface area contributed by atoms with Crippen molar-refractivity contribution in [2.75, 3.05) is 0 Å². The lowest BCUT2D eigenvalue weighted by molar-refractivity contribution is 1.15. The van der Waals surface area contributed by atoms with Gasteiger partial charge >= 0.3 is 0 Å². The van der Waals surface area contributed by atoms with Crippen molar-refractivity contribution < 1.29 is 0 Å². The Labute approximate surface area is 55.3 Å². The van der Waals surface area contributed by atoms with E-state index in [9.17, 15) is 0 Å². The van der Waals surface area contributed by atoms with Gasteiger partial charge in [-0.25, -0.2) is 0 Å². The Morgan fingerprint density at radius 3 is 2.62 bits per heavy atom. The van der Waals surface area contributed by atoms with E-state index in [0.717, 1.165) is 6.42 Å². The molecule has 0 spiro atoms. The summed E-state index contributed by atoms with van der Waals surface area (Å²) in [7, 11) is 0. The molecule has 0 fully saturated rings. The van der Waals surface area contributed by atoms with Crippen LogP contribution in [0.2, 0.25) is 0 Å². The van der Waals surface area contributed by atoms with E-state index in [1.165, 1.54) is 12.0 Å². The van der Waals surface area contributed by atoms with E-state index in [1.807, 2.05) is 0 Å². The summed E-state index contributed by atoms with van der Waals surface area (Å²) in [5.74, 6) is 0. The van der Waals surface area contributed by atoms with Gasteiger partial charge in [-0.2, -0.15) is 0 Å². The SMILES string of the molecule is CCC1=CCC=C1.[SiH4]. The fourth-order valence-corrected chi connectivity index (χ4v) is 0.769. The molecule has 0 bridgehead atoms. The molecule has 1 rings (SSSR count). The summed E-state index contributed by atoms with van der Waals surface area (Å²) in [6, 6.07) is 0. The van der Waals surface area contributed by atoms with Crippen molar-refractivity contribution in [2.45, 2.75) is 19.8 Å². The molecule has 46 valence electrons. The van der Waals surface area contributed by atoms with Crippen LogP contribution >= 0.6 is 0 Å². The summed E-state index contributed by atoms with van der Waals surface area (Å²) < 4.78 is 0. The third kappa shape index (κ3) is 1.66. The van der Waals surface area contributed by atoms with Crippen molar-refractivity contribution in [2.24, 2.45) is 0 Å². The van der Waals surface area contributed by atoms with Crippen LogP contribution < -0.4 is 0 Å². The van der Waals surface area contributed by atoms with Gasteiger partial charge in [0, 0.05) is 0 Å². The Balaban J connectivity index is 0.000000490. The largest absolute Gasteiger partial charge is 0.0805 e. The standard InChI is InChI=1S/C7H10.H4Si/c1-2-7-5-3-4-6-7;/h3,5-6H,2,4H2,1H3;1H4. The molecule has 0 nitrogen and oxygen atoms in total. The van der Waals surface area contributed by atoms with Crippen LogP contribution in [0.15, 0.2) is 23.8 Å². The Morgan fingerprint density at radius 1 is 1.62 bits per heavy atom. The molecule has 0 amide bonds. The molecule has 1 aliphatic carbocycles. The van der Waals surface area contributed by atoms with Crippen LogP contribution in [-0.2, 0) is 0 Å². The Hall–Kier alpha value is -0.303. The second kappa shape index (κ2) is 3.67. The molecule has 0 aliphatic heterocycles. The van der Waals surface area contributed by atoms with E-state index in [-0.39, 0.29) is 11.0 Å². The molecule has 1 aliphatic rings. The molecular formula is C7H14Si. The quantitative estimate of drug-likeness (QED) is 0.457. The summed E-state index contributed by atoms with van der Waals surface area (Å²) in [4.78, 5) is 0. The fraction of sp³-hybridized carbons (Fsp3) is 0.429. The van der Waals surface area contributed by atoms with Crippen LogP contribution in [0.25, 0.3) is 0 Å².